The second-order valence-electron chi connectivity index (χ2n) is 7.63. The van der Waals surface area contributed by atoms with E-state index >= 15 is 0 Å². The summed E-state index contributed by atoms with van der Waals surface area (Å²) in [6.45, 7) is 5.87. The fourth-order valence-electron chi connectivity index (χ4n) is 4.09. The Hall–Kier alpha value is -2.82. The zero-order valence-electron chi connectivity index (χ0n) is 17.6. The first-order valence-electron chi connectivity index (χ1n) is 10.7. The molecule has 3 aromatic rings. The number of piperazine rings is 1. The summed E-state index contributed by atoms with van der Waals surface area (Å²) in [5.41, 5.74) is 2.72. The zero-order valence-corrected chi connectivity index (χ0v) is 17.6. The van der Waals surface area contributed by atoms with Crippen LogP contribution >= 0.6 is 0 Å². The van der Waals surface area contributed by atoms with Crippen LogP contribution < -0.4 is 9.47 Å². The predicted molar refractivity (Wildman–Crippen MR) is 121 cm³/mol. The van der Waals surface area contributed by atoms with Crippen LogP contribution in [0.1, 0.15) is 17.2 Å². The molecule has 1 aliphatic rings. The van der Waals surface area contributed by atoms with Crippen LogP contribution in [0.2, 0.25) is 0 Å². The van der Waals surface area contributed by atoms with Gasteiger partial charge >= 0.3 is 0 Å². The summed E-state index contributed by atoms with van der Waals surface area (Å²) in [5.74, 6) is 1.74. The molecule has 4 rings (SSSR count). The van der Waals surface area contributed by atoms with Gasteiger partial charge in [0, 0.05) is 32.7 Å². The Morgan fingerprint density at radius 2 is 1.23 bits per heavy atom. The Labute approximate surface area is 179 Å². The Kier molecular flexibility index (Phi) is 7.01. The predicted octanol–water partition coefficient (Wildman–Crippen LogP) is 4.48. The minimum atomic E-state index is 0.310. The van der Waals surface area contributed by atoms with Gasteiger partial charge in [0.25, 0.3) is 0 Å². The van der Waals surface area contributed by atoms with Crippen molar-refractivity contribution in [3.8, 4) is 11.5 Å². The standard InChI is InChI=1S/C26H30N2O2/c1-29-24-12-14-25(15-13-24)30-21-20-27-16-18-28(19-17-27)26(22-8-4-2-5-9-22)23-10-6-3-7-11-23/h2-15,26H,16-21H2,1H3. The first kappa shape index (κ1) is 20.5. The molecular formula is C26H30N2O2. The van der Waals surface area contributed by atoms with E-state index < -0.39 is 0 Å². The van der Waals surface area contributed by atoms with Crippen LogP contribution in [-0.2, 0) is 0 Å². The fraction of sp³-hybridized carbons (Fsp3) is 0.308. The molecule has 0 unspecified atom stereocenters. The maximum atomic E-state index is 5.91. The molecule has 1 saturated heterocycles. The van der Waals surface area contributed by atoms with Gasteiger partial charge in [-0.3, -0.25) is 9.80 Å². The van der Waals surface area contributed by atoms with Crippen LogP contribution in [0, 0.1) is 0 Å². The molecule has 0 aromatic heterocycles. The molecule has 0 atom stereocenters. The summed E-state index contributed by atoms with van der Waals surface area (Å²) in [6.07, 6.45) is 0. The molecule has 4 heteroatoms. The smallest absolute Gasteiger partial charge is 0.119 e. The van der Waals surface area contributed by atoms with E-state index in [9.17, 15) is 0 Å². The zero-order chi connectivity index (χ0) is 20.6. The highest BCUT2D eigenvalue weighted by Crippen LogP contribution is 2.29. The van der Waals surface area contributed by atoms with Gasteiger partial charge < -0.3 is 9.47 Å². The minimum Gasteiger partial charge on any atom is -0.497 e. The normalized spacial score (nSPS) is 15.3. The van der Waals surface area contributed by atoms with Gasteiger partial charge in [-0.25, -0.2) is 0 Å². The van der Waals surface area contributed by atoms with Gasteiger partial charge in [-0.1, -0.05) is 60.7 Å². The van der Waals surface area contributed by atoms with Crippen LogP contribution in [0.25, 0.3) is 0 Å². The molecule has 4 nitrogen and oxygen atoms in total. The summed E-state index contributed by atoms with van der Waals surface area (Å²) in [5, 5.41) is 0. The maximum Gasteiger partial charge on any atom is 0.119 e. The molecule has 0 radical (unpaired) electrons. The van der Waals surface area contributed by atoms with Crippen molar-refractivity contribution in [1.82, 2.24) is 9.80 Å². The largest absolute Gasteiger partial charge is 0.497 e. The van der Waals surface area contributed by atoms with Crippen molar-refractivity contribution >= 4 is 0 Å². The van der Waals surface area contributed by atoms with Gasteiger partial charge in [-0.05, 0) is 35.4 Å². The Bertz CT molecular complexity index is 836. The molecule has 0 bridgehead atoms. The molecule has 0 N–H and O–H groups in total. The van der Waals surface area contributed by atoms with Crippen LogP contribution in [0.3, 0.4) is 0 Å². The number of hydrogen-bond donors (Lipinski definition) is 0. The molecule has 0 spiro atoms. The number of nitrogens with zero attached hydrogens (tertiary/aromatic N) is 2. The first-order chi connectivity index (χ1) is 14.8. The minimum absolute atomic E-state index is 0.310. The highest BCUT2D eigenvalue weighted by atomic mass is 16.5. The van der Waals surface area contributed by atoms with Gasteiger partial charge in [0.05, 0.1) is 13.2 Å². The van der Waals surface area contributed by atoms with Gasteiger partial charge in [-0.2, -0.15) is 0 Å². The van der Waals surface area contributed by atoms with E-state index in [1.165, 1.54) is 11.1 Å². The van der Waals surface area contributed by atoms with E-state index in [-0.39, 0.29) is 0 Å². The lowest BCUT2D eigenvalue weighted by molar-refractivity contribution is 0.0977. The third-order valence-electron chi connectivity index (χ3n) is 5.74. The van der Waals surface area contributed by atoms with Crippen LogP contribution in [0.5, 0.6) is 11.5 Å². The number of rotatable bonds is 8. The van der Waals surface area contributed by atoms with Gasteiger partial charge in [0.15, 0.2) is 0 Å². The van der Waals surface area contributed by atoms with Crippen molar-refractivity contribution in [3.63, 3.8) is 0 Å². The molecule has 1 aliphatic heterocycles. The number of benzene rings is 3. The van der Waals surface area contributed by atoms with E-state index in [2.05, 4.69) is 70.5 Å². The average Bonchev–Trinajstić information content (AvgIpc) is 2.82. The van der Waals surface area contributed by atoms with Crippen molar-refractivity contribution in [2.24, 2.45) is 0 Å². The number of hydrogen-bond acceptors (Lipinski definition) is 4. The third kappa shape index (κ3) is 5.21. The molecule has 1 heterocycles. The molecule has 0 amide bonds. The van der Waals surface area contributed by atoms with Gasteiger partial charge in [0.2, 0.25) is 0 Å². The summed E-state index contributed by atoms with van der Waals surface area (Å²) >= 11 is 0. The Morgan fingerprint density at radius 1 is 0.700 bits per heavy atom. The van der Waals surface area contributed by atoms with E-state index in [0.29, 0.717) is 12.6 Å². The van der Waals surface area contributed by atoms with Gasteiger partial charge in [0.1, 0.15) is 18.1 Å². The Balaban J connectivity index is 1.32. The van der Waals surface area contributed by atoms with Crippen molar-refractivity contribution in [2.75, 3.05) is 46.4 Å². The van der Waals surface area contributed by atoms with Crippen molar-refractivity contribution < 1.29 is 9.47 Å². The first-order valence-corrected chi connectivity index (χ1v) is 10.7. The topological polar surface area (TPSA) is 24.9 Å². The second-order valence-corrected chi connectivity index (χ2v) is 7.63. The van der Waals surface area contributed by atoms with Crippen LogP contribution in [0.4, 0.5) is 0 Å². The molecule has 1 fully saturated rings. The Morgan fingerprint density at radius 3 is 1.77 bits per heavy atom. The monoisotopic (exact) mass is 402 g/mol. The summed E-state index contributed by atoms with van der Waals surface area (Å²) in [6, 6.07) is 29.8. The molecule has 156 valence electrons. The number of methoxy groups -OCH3 is 1. The lowest BCUT2D eigenvalue weighted by Crippen LogP contribution is -2.48. The van der Waals surface area contributed by atoms with Crippen molar-refractivity contribution in [2.45, 2.75) is 6.04 Å². The van der Waals surface area contributed by atoms with Crippen LogP contribution in [-0.4, -0.2) is 56.2 Å². The lowest BCUT2D eigenvalue weighted by atomic mass is 9.96. The van der Waals surface area contributed by atoms with E-state index in [0.717, 1.165) is 44.2 Å². The van der Waals surface area contributed by atoms with Crippen LogP contribution in [0.15, 0.2) is 84.9 Å². The van der Waals surface area contributed by atoms with Gasteiger partial charge in [-0.15, -0.1) is 0 Å². The highest BCUT2D eigenvalue weighted by molar-refractivity contribution is 5.32. The van der Waals surface area contributed by atoms with E-state index in [1.54, 1.807) is 7.11 Å². The molecule has 3 aromatic carbocycles. The lowest BCUT2D eigenvalue weighted by Gasteiger charge is -2.39. The SMILES string of the molecule is COc1ccc(OCCN2CCN(C(c3ccccc3)c3ccccc3)CC2)cc1. The molecular weight excluding hydrogens is 372 g/mol. The highest BCUT2D eigenvalue weighted by Gasteiger charge is 2.26. The van der Waals surface area contributed by atoms with Crippen molar-refractivity contribution in [3.05, 3.63) is 96.1 Å². The molecule has 0 aliphatic carbocycles. The van der Waals surface area contributed by atoms with E-state index in [4.69, 9.17) is 9.47 Å². The van der Waals surface area contributed by atoms with Crippen molar-refractivity contribution in [1.29, 1.82) is 0 Å². The summed E-state index contributed by atoms with van der Waals surface area (Å²) in [7, 11) is 1.68. The molecule has 30 heavy (non-hydrogen) atoms. The average molecular weight is 403 g/mol. The summed E-state index contributed by atoms with van der Waals surface area (Å²) in [4.78, 5) is 5.10. The fourth-order valence-corrected chi connectivity index (χ4v) is 4.09. The second kappa shape index (κ2) is 10.3. The third-order valence-corrected chi connectivity index (χ3v) is 5.74. The number of ether oxygens (including phenoxy) is 2. The summed E-state index contributed by atoms with van der Waals surface area (Å²) < 4.78 is 11.1. The van der Waals surface area contributed by atoms with E-state index in [1.807, 2.05) is 24.3 Å². The quantitative estimate of drug-likeness (QED) is 0.555. The molecule has 0 saturated carbocycles. The maximum absolute atomic E-state index is 5.91.